The van der Waals surface area contributed by atoms with Crippen molar-refractivity contribution in [2.75, 3.05) is 0 Å². The van der Waals surface area contributed by atoms with Crippen LogP contribution in [0, 0.1) is 6.07 Å². The molecule has 0 aromatic heterocycles. The summed E-state index contributed by atoms with van der Waals surface area (Å²) < 4.78 is 11.6. The molecule has 9 heavy (non-hydrogen) atoms. The summed E-state index contributed by atoms with van der Waals surface area (Å²) in [6.45, 7) is 0. The molecular weight excluding hydrogens is 187 g/mol. The van der Waals surface area contributed by atoms with Crippen molar-refractivity contribution in [3.8, 4) is 0 Å². The summed E-state index contributed by atoms with van der Waals surface area (Å²) in [6.07, 6.45) is 0. The zero-order chi connectivity index (χ0) is 5.82. The predicted molar refractivity (Wildman–Crippen MR) is 32.2 cm³/mol. The Labute approximate surface area is 68.6 Å². The van der Waals surface area contributed by atoms with Crippen molar-refractivity contribution < 1.29 is 21.0 Å². The molecule has 0 spiro atoms. The second kappa shape index (κ2) is 4.86. The van der Waals surface area contributed by atoms with Gasteiger partial charge in [0.1, 0.15) is 0 Å². The number of hydrogen-bond donors (Lipinski definition) is 0. The Bertz CT molecular complexity index is 154. The van der Waals surface area contributed by atoms with Crippen molar-refractivity contribution in [2.45, 2.75) is 4.90 Å². The van der Waals surface area contributed by atoms with Crippen LogP contribution in [0.3, 0.4) is 0 Å². The van der Waals surface area contributed by atoms with E-state index in [0.717, 1.165) is 0 Å². The molecule has 0 radical (unpaired) electrons. The molecule has 0 N–H and O–H groups in total. The van der Waals surface area contributed by atoms with E-state index in [1.807, 2.05) is 0 Å². The molecule has 0 aliphatic heterocycles. The summed E-state index contributed by atoms with van der Waals surface area (Å²) in [5, 5.41) is 0. The summed E-state index contributed by atoms with van der Waals surface area (Å²) in [6, 6.07) is 9.54. The fourth-order valence-electron chi connectivity index (χ4n) is 0.425. The second-order valence-electron chi connectivity index (χ2n) is 1.32. The molecule has 1 aromatic rings. The van der Waals surface area contributed by atoms with Gasteiger partial charge in [0.25, 0.3) is 0 Å². The molecule has 0 nitrogen and oxygen atoms in total. The van der Waals surface area contributed by atoms with Crippen LogP contribution >= 0.6 is 12.1 Å². The van der Waals surface area contributed by atoms with Crippen LogP contribution in [0.5, 0.6) is 0 Å². The molecule has 1 aromatic carbocycles. The first-order valence-electron chi connectivity index (χ1n) is 2.18. The maximum atomic E-state index is 11.6. The zero-order valence-electron chi connectivity index (χ0n) is 4.40. The quantitative estimate of drug-likeness (QED) is 0.484. The minimum Gasteiger partial charge on any atom is -0.183 e. The van der Waals surface area contributed by atoms with Crippen LogP contribution in [0.1, 0.15) is 0 Å². The van der Waals surface area contributed by atoms with Gasteiger partial charge in [-0.3, -0.25) is 0 Å². The van der Waals surface area contributed by atoms with Gasteiger partial charge in [0.05, 0.1) is 0 Å². The van der Waals surface area contributed by atoms with Crippen molar-refractivity contribution in [2.24, 2.45) is 0 Å². The summed E-state index contributed by atoms with van der Waals surface area (Å²) >= 11 is 0.238. The smallest absolute Gasteiger partial charge is 0.183 e. The minimum atomic E-state index is 0. The Balaban J connectivity index is 0.000000640. The summed E-state index contributed by atoms with van der Waals surface area (Å²) in [5.41, 5.74) is 0. The van der Waals surface area contributed by atoms with Gasteiger partial charge in [-0.25, -0.2) is 0 Å². The van der Waals surface area contributed by atoms with Crippen molar-refractivity contribution >= 4 is 12.1 Å². The molecule has 0 amide bonds. The van der Waals surface area contributed by atoms with Crippen LogP contribution < -0.4 is 0 Å². The van der Waals surface area contributed by atoms with Crippen LogP contribution in [0.15, 0.2) is 29.2 Å². The number of rotatable bonds is 1. The van der Waals surface area contributed by atoms with E-state index in [2.05, 4.69) is 6.07 Å². The predicted octanol–water partition coefficient (Wildman–Crippen LogP) is 2.46. The van der Waals surface area contributed by atoms with E-state index in [0.29, 0.717) is 4.90 Å². The fraction of sp³-hybridized carbons (Fsp3) is 0. The van der Waals surface area contributed by atoms with Gasteiger partial charge < -0.3 is 0 Å². The third-order valence-corrected chi connectivity index (χ3v) is 1.20. The van der Waals surface area contributed by atoms with E-state index in [9.17, 15) is 3.89 Å². The monoisotopic (exact) mass is 190 g/mol. The molecule has 0 atom stereocenters. The van der Waals surface area contributed by atoms with Crippen LogP contribution in [-0.4, -0.2) is 0 Å². The van der Waals surface area contributed by atoms with E-state index in [1.165, 1.54) is 0 Å². The largest absolute Gasteiger partial charge is 1.00 e. The van der Waals surface area contributed by atoms with Crippen LogP contribution in [0.25, 0.3) is 0 Å². The second-order valence-corrected chi connectivity index (χ2v) is 1.94. The minimum absolute atomic E-state index is 0. The van der Waals surface area contributed by atoms with E-state index >= 15 is 0 Å². The molecule has 1 rings (SSSR count). The topological polar surface area (TPSA) is 0 Å². The maximum absolute atomic E-state index is 11.6. The van der Waals surface area contributed by atoms with Gasteiger partial charge in [0.15, 0.2) is 0 Å². The van der Waals surface area contributed by atoms with Gasteiger partial charge >= 0.3 is 17.1 Å². The molecule has 0 aliphatic carbocycles. The van der Waals surface area contributed by atoms with Gasteiger partial charge in [-0.2, -0.15) is 34.2 Å². The molecule has 0 saturated heterocycles. The third kappa shape index (κ3) is 2.89. The SMILES string of the molecule is FSc1c[c-]ccc1.[Cu+]. The van der Waals surface area contributed by atoms with Gasteiger partial charge in [-0.05, 0) is 0 Å². The third-order valence-electron chi connectivity index (χ3n) is 0.768. The van der Waals surface area contributed by atoms with Gasteiger partial charge in [-0.15, -0.1) is 0 Å². The normalized spacial score (nSPS) is 8.11. The first-order valence-corrected chi connectivity index (χ1v) is 2.90. The first-order chi connectivity index (χ1) is 3.93. The molecule has 0 heterocycles. The number of halogens is 1. The van der Waals surface area contributed by atoms with Crippen molar-refractivity contribution in [1.29, 1.82) is 0 Å². The van der Waals surface area contributed by atoms with E-state index in [1.54, 1.807) is 24.3 Å². The van der Waals surface area contributed by atoms with Gasteiger partial charge in [0, 0.05) is 12.1 Å². The Kier molecular flexibility index (Phi) is 4.87. The molecule has 0 fully saturated rings. The van der Waals surface area contributed by atoms with Crippen LogP contribution in [-0.2, 0) is 17.1 Å². The standard InChI is InChI=1S/C6H4FS.Cu/c7-8-6-4-2-1-3-5-6;/h1-2,4-5H;/q-1;+1. The van der Waals surface area contributed by atoms with Crippen molar-refractivity contribution in [3.63, 3.8) is 0 Å². The zero-order valence-corrected chi connectivity index (χ0v) is 6.16. The molecular formula is C6H4CuFS. The first kappa shape index (κ1) is 9.02. The van der Waals surface area contributed by atoms with E-state index < -0.39 is 0 Å². The van der Waals surface area contributed by atoms with E-state index in [4.69, 9.17) is 0 Å². The van der Waals surface area contributed by atoms with Crippen LogP contribution in [0.2, 0.25) is 0 Å². The average Bonchev–Trinajstić information content (AvgIpc) is 1.90. The molecule has 0 bridgehead atoms. The average molecular weight is 191 g/mol. The molecule has 0 aliphatic rings. The molecule has 52 valence electrons. The van der Waals surface area contributed by atoms with Crippen molar-refractivity contribution in [3.05, 3.63) is 30.3 Å². The number of benzene rings is 1. The molecule has 0 saturated carbocycles. The summed E-state index contributed by atoms with van der Waals surface area (Å²) in [7, 11) is 0. The summed E-state index contributed by atoms with van der Waals surface area (Å²) in [5.74, 6) is 0. The Morgan fingerprint density at radius 2 is 2.33 bits per heavy atom. The van der Waals surface area contributed by atoms with Crippen molar-refractivity contribution in [1.82, 2.24) is 0 Å². The summed E-state index contributed by atoms with van der Waals surface area (Å²) in [4.78, 5) is 0.604. The maximum Gasteiger partial charge on any atom is 1.00 e. The molecule has 3 heteroatoms. The Morgan fingerprint density at radius 1 is 1.56 bits per heavy atom. The molecule has 0 unspecified atom stereocenters. The Morgan fingerprint density at radius 3 is 2.67 bits per heavy atom. The van der Waals surface area contributed by atoms with Gasteiger partial charge in [0.2, 0.25) is 0 Å². The fourth-order valence-corrected chi connectivity index (χ4v) is 0.667. The Hall–Kier alpha value is 0.0195. The number of hydrogen-bond acceptors (Lipinski definition) is 1. The van der Waals surface area contributed by atoms with Gasteiger partial charge in [-0.1, -0.05) is 4.90 Å². The van der Waals surface area contributed by atoms with Crippen LogP contribution in [0.4, 0.5) is 3.89 Å². The van der Waals surface area contributed by atoms with E-state index in [-0.39, 0.29) is 29.2 Å².